The molecule has 0 N–H and O–H groups in total. The third-order valence-corrected chi connectivity index (χ3v) is 10.3. The number of anilines is 4. The maximum Gasteiger partial charge on any atom is 0.294 e. The molecule has 0 radical (unpaired) electrons. The predicted octanol–water partition coefficient (Wildman–Crippen LogP) is 8.91. The fourth-order valence-corrected chi connectivity index (χ4v) is 8.59. The zero-order valence-corrected chi connectivity index (χ0v) is 27.2. The van der Waals surface area contributed by atoms with Crippen LogP contribution in [0.5, 0.6) is 0 Å². The Morgan fingerprint density at radius 3 is 2.17 bits per heavy atom. The Bertz CT molecular complexity index is 2190. The Labute approximate surface area is 275 Å². The molecule has 0 fully saturated rings. The number of hydrogen-bond donors (Lipinski definition) is 0. The quantitative estimate of drug-likeness (QED) is 0.186. The molecule has 0 saturated carbocycles. The summed E-state index contributed by atoms with van der Waals surface area (Å²) in [5.41, 5.74) is 12.7. The van der Waals surface area contributed by atoms with Gasteiger partial charge in [-0.15, -0.1) is 0 Å². The molecule has 3 atom stereocenters. The second-order valence-corrected chi connectivity index (χ2v) is 13.1. The van der Waals surface area contributed by atoms with Gasteiger partial charge in [0.1, 0.15) is 30.3 Å². The number of para-hydroxylation sites is 2. The maximum absolute atomic E-state index is 4.91. The molecular weight excluding hydrogens is 576 g/mol. The van der Waals surface area contributed by atoms with Crippen LogP contribution in [0, 0.1) is 20.8 Å². The van der Waals surface area contributed by atoms with Crippen LogP contribution in [0.25, 0.3) is 22.6 Å². The Morgan fingerprint density at radius 2 is 1.40 bits per heavy atom. The van der Waals surface area contributed by atoms with Crippen LogP contribution in [0.3, 0.4) is 0 Å². The van der Waals surface area contributed by atoms with Crippen LogP contribution >= 0.6 is 0 Å². The number of nitrogens with zero attached hydrogens (tertiary/aromatic N) is 6. The standard InChI is InChI=1S/C41H37N6/c1-26-24-27(2)37(28(3)25-26)44-22-23-45-38-33(31-14-8-9-16-35(31)41(44)45)18-19-34(38)32-15-10-11-17-36(32)47-29(4)46(30-12-6-5-7-13-30)39-40(47)43-21-20-42-39/h5-17,19-25,29,33,38H,18H2,1-4H3/q+1. The van der Waals surface area contributed by atoms with E-state index in [-0.39, 0.29) is 12.2 Å². The Morgan fingerprint density at radius 1 is 0.745 bits per heavy atom. The van der Waals surface area contributed by atoms with Crippen molar-refractivity contribution in [2.24, 2.45) is 0 Å². The van der Waals surface area contributed by atoms with E-state index in [0.29, 0.717) is 5.92 Å². The van der Waals surface area contributed by atoms with Crippen molar-refractivity contribution >= 4 is 28.6 Å². The zero-order valence-electron chi connectivity index (χ0n) is 27.2. The van der Waals surface area contributed by atoms with Crippen molar-refractivity contribution in [3.8, 4) is 17.1 Å². The molecule has 4 aromatic carbocycles. The summed E-state index contributed by atoms with van der Waals surface area (Å²) in [6.07, 6.45) is 11.6. The van der Waals surface area contributed by atoms with E-state index in [0.717, 1.165) is 29.4 Å². The van der Waals surface area contributed by atoms with E-state index in [4.69, 9.17) is 9.97 Å². The van der Waals surface area contributed by atoms with Crippen molar-refractivity contribution < 1.29 is 4.57 Å². The first kappa shape index (κ1) is 27.8. The highest BCUT2D eigenvalue weighted by Crippen LogP contribution is 2.54. The summed E-state index contributed by atoms with van der Waals surface area (Å²) in [6, 6.07) is 33.2. The third-order valence-electron chi connectivity index (χ3n) is 10.3. The van der Waals surface area contributed by atoms with Gasteiger partial charge in [0.15, 0.2) is 11.6 Å². The topological polar surface area (TPSA) is 41.1 Å². The molecule has 230 valence electrons. The fraction of sp³-hybridized carbons (Fsp3) is 0.195. The molecule has 0 bridgehead atoms. The lowest BCUT2D eigenvalue weighted by Crippen LogP contribution is -2.46. The second-order valence-electron chi connectivity index (χ2n) is 13.1. The summed E-state index contributed by atoms with van der Waals surface area (Å²) >= 11 is 0. The van der Waals surface area contributed by atoms with Gasteiger partial charge in [-0.05, 0) is 75.1 Å². The lowest BCUT2D eigenvalue weighted by molar-refractivity contribution is -0.702. The molecule has 6 nitrogen and oxygen atoms in total. The Kier molecular flexibility index (Phi) is 6.22. The summed E-state index contributed by atoms with van der Waals surface area (Å²) < 4.78 is 4.96. The molecule has 0 amide bonds. The highest BCUT2D eigenvalue weighted by atomic mass is 15.5. The molecule has 6 aromatic rings. The molecule has 2 aliphatic heterocycles. The minimum Gasteiger partial charge on any atom is -0.302 e. The average molecular weight is 614 g/mol. The first-order valence-corrected chi connectivity index (χ1v) is 16.5. The number of rotatable bonds is 4. The Balaban J connectivity index is 1.20. The van der Waals surface area contributed by atoms with Crippen LogP contribution in [0.2, 0.25) is 0 Å². The van der Waals surface area contributed by atoms with Crippen LogP contribution in [-0.4, -0.2) is 20.7 Å². The second kappa shape index (κ2) is 10.5. The number of allylic oxidation sites excluding steroid dienone is 2. The van der Waals surface area contributed by atoms with E-state index < -0.39 is 0 Å². The molecule has 2 aromatic heterocycles. The van der Waals surface area contributed by atoms with Gasteiger partial charge in [0.05, 0.1) is 11.3 Å². The normalized spacial score (nSPS) is 19.2. The summed E-state index contributed by atoms with van der Waals surface area (Å²) in [7, 11) is 0. The first-order chi connectivity index (χ1) is 23.0. The van der Waals surface area contributed by atoms with Gasteiger partial charge < -0.3 is 9.80 Å². The minimum absolute atomic E-state index is 0.0161. The van der Waals surface area contributed by atoms with E-state index in [2.05, 4.69) is 156 Å². The number of hydrogen-bond acceptors (Lipinski definition) is 4. The average Bonchev–Trinajstić information content (AvgIpc) is 3.79. The van der Waals surface area contributed by atoms with Gasteiger partial charge in [-0.3, -0.25) is 0 Å². The predicted molar refractivity (Wildman–Crippen MR) is 189 cm³/mol. The molecule has 47 heavy (non-hydrogen) atoms. The van der Waals surface area contributed by atoms with E-state index in [1.54, 1.807) is 12.4 Å². The monoisotopic (exact) mass is 613 g/mol. The van der Waals surface area contributed by atoms with Gasteiger partial charge in [-0.2, -0.15) is 4.57 Å². The number of aryl methyl sites for hydroxylation is 3. The van der Waals surface area contributed by atoms with Crippen molar-refractivity contribution in [1.29, 1.82) is 0 Å². The lowest BCUT2D eigenvalue weighted by Gasteiger charge is -2.32. The van der Waals surface area contributed by atoms with Crippen molar-refractivity contribution in [3.63, 3.8) is 0 Å². The molecule has 1 aliphatic carbocycles. The van der Waals surface area contributed by atoms with Crippen LogP contribution in [0.4, 0.5) is 23.0 Å². The van der Waals surface area contributed by atoms with Gasteiger partial charge in [0, 0.05) is 35.1 Å². The van der Waals surface area contributed by atoms with E-state index in [1.807, 2.05) is 0 Å². The fourth-order valence-electron chi connectivity index (χ4n) is 8.59. The maximum atomic E-state index is 4.91. The van der Waals surface area contributed by atoms with Crippen LogP contribution in [0.15, 0.2) is 122 Å². The number of imidazole rings is 1. The molecule has 0 saturated heterocycles. The summed E-state index contributed by atoms with van der Waals surface area (Å²) in [5, 5.41) is 0. The smallest absolute Gasteiger partial charge is 0.294 e. The van der Waals surface area contributed by atoms with Gasteiger partial charge >= 0.3 is 0 Å². The summed E-state index contributed by atoms with van der Waals surface area (Å²) in [4.78, 5) is 14.4. The molecule has 0 spiro atoms. The first-order valence-electron chi connectivity index (χ1n) is 16.5. The highest BCUT2D eigenvalue weighted by molar-refractivity contribution is 5.89. The van der Waals surface area contributed by atoms with E-state index in [1.165, 1.54) is 50.5 Å². The van der Waals surface area contributed by atoms with Crippen molar-refractivity contribution in [2.75, 3.05) is 9.80 Å². The lowest BCUT2D eigenvalue weighted by atomic mass is 9.82. The molecule has 3 unspecified atom stereocenters. The number of fused-ring (bicyclic) bond motifs is 7. The van der Waals surface area contributed by atoms with E-state index in [9.17, 15) is 0 Å². The van der Waals surface area contributed by atoms with Crippen LogP contribution in [-0.2, 0) is 0 Å². The molecule has 3 aliphatic rings. The van der Waals surface area contributed by atoms with Gasteiger partial charge in [-0.25, -0.2) is 14.5 Å². The number of aromatic nitrogens is 4. The number of benzene rings is 4. The Hall–Kier alpha value is -5.49. The SMILES string of the molecule is Cc1cc(C)c(-n2cc[n+]3c2-c2ccccc2C2CC=C(c4ccccc4N4c5nccnc5N(c5ccccc5)C4C)C23)c(C)c1. The molecular formula is C41H37N6+. The third kappa shape index (κ3) is 4.07. The summed E-state index contributed by atoms with van der Waals surface area (Å²) in [5.74, 6) is 3.35. The van der Waals surface area contributed by atoms with Gasteiger partial charge in [-0.1, -0.05) is 78.4 Å². The van der Waals surface area contributed by atoms with E-state index >= 15 is 0 Å². The minimum atomic E-state index is -0.0161. The zero-order chi connectivity index (χ0) is 31.8. The van der Waals surface area contributed by atoms with Crippen molar-refractivity contribution in [1.82, 2.24) is 14.5 Å². The van der Waals surface area contributed by atoms with Crippen molar-refractivity contribution in [3.05, 3.63) is 150 Å². The molecule has 4 heterocycles. The largest absolute Gasteiger partial charge is 0.302 e. The summed E-state index contributed by atoms with van der Waals surface area (Å²) in [6.45, 7) is 8.89. The van der Waals surface area contributed by atoms with Gasteiger partial charge in [0.2, 0.25) is 0 Å². The molecule has 9 rings (SSSR count). The van der Waals surface area contributed by atoms with Gasteiger partial charge in [0.25, 0.3) is 5.82 Å². The molecule has 6 heteroatoms. The van der Waals surface area contributed by atoms with Crippen molar-refractivity contribution in [2.45, 2.75) is 52.2 Å². The van der Waals surface area contributed by atoms with Crippen LogP contribution in [0.1, 0.15) is 53.1 Å². The van der Waals surface area contributed by atoms with Crippen LogP contribution < -0.4 is 14.4 Å². The highest BCUT2D eigenvalue weighted by Gasteiger charge is 2.47.